The first-order chi connectivity index (χ1) is 9.24. The van der Waals surface area contributed by atoms with Gasteiger partial charge in [-0.3, -0.25) is 4.79 Å². The molecule has 3 rings (SSSR count). The summed E-state index contributed by atoms with van der Waals surface area (Å²) in [5.41, 5.74) is 1.35. The summed E-state index contributed by atoms with van der Waals surface area (Å²) >= 11 is 5.02. The summed E-state index contributed by atoms with van der Waals surface area (Å²) in [5, 5.41) is 3.75. The predicted octanol–water partition coefficient (Wildman–Crippen LogP) is 3.32. The van der Waals surface area contributed by atoms with E-state index in [1.165, 1.54) is 0 Å². The third-order valence-electron chi connectivity index (χ3n) is 2.75. The number of halogens is 1. The zero-order valence-electron chi connectivity index (χ0n) is 9.81. The number of thiophene rings is 1. The molecule has 6 heteroatoms. The van der Waals surface area contributed by atoms with Crippen LogP contribution in [0.4, 0.5) is 0 Å². The number of hydrogen-bond acceptors (Lipinski definition) is 3. The van der Waals surface area contributed by atoms with E-state index in [9.17, 15) is 4.79 Å². The van der Waals surface area contributed by atoms with Crippen LogP contribution in [0.25, 0.3) is 11.0 Å². The molecule has 0 aliphatic rings. The number of H-pyrrole nitrogens is 1. The van der Waals surface area contributed by atoms with Crippen molar-refractivity contribution in [1.29, 1.82) is 0 Å². The summed E-state index contributed by atoms with van der Waals surface area (Å²) in [6.07, 6.45) is 3.39. The molecular formula is C13H10BrN3OS. The molecule has 96 valence electrons. The Morgan fingerprint density at radius 1 is 1.42 bits per heavy atom. The van der Waals surface area contributed by atoms with E-state index in [1.807, 2.05) is 24.3 Å². The van der Waals surface area contributed by atoms with Crippen LogP contribution < -0.4 is 5.32 Å². The van der Waals surface area contributed by atoms with Crippen LogP contribution in [0.15, 0.2) is 40.4 Å². The molecule has 2 N–H and O–H groups in total. The Morgan fingerprint density at radius 3 is 3.11 bits per heavy atom. The summed E-state index contributed by atoms with van der Waals surface area (Å²) in [6, 6.07) is 7.67. The standard InChI is InChI=1S/C13H10BrN3OS/c14-11-4-3-8(19-11)6-17-13(18)10-7-16-12-9(10)2-1-5-15-12/h1-5,7H,6H2,(H,15,16)(H,17,18). The van der Waals surface area contributed by atoms with E-state index in [-0.39, 0.29) is 5.91 Å². The van der Waals surface area contributed by atoms with Crippen molar-refractivity contribution in [2.75, 3.05) is 0 Å². The van der Waals surface area contributed by atoms with Crippen molar-refractivity contribution in [1.82, 2.24) is 15.3 Å². The number of fused-ring (bicyclic) bond motifs is 1. The molecule has 3 heterocycles. The maximum Gasteiger partial charge on any atom is 0.253 e. The van der Waals surface area contributed by atoms with Crippen LogP contribution in [0.5, 0.6) is 0 Å². The normalized spacial score (nSPS) is 10.8. The Labute approximate surface area is 122 Å². The molecule has 19 heavy (non-hydrogen) atoms. The molecule has 4 nitrogen and oxygen atoms in total. The van der Waals surface area contributed by atoms with Crippen LogP contribution in [-0.4, -0.2) is 15.9 Å². The number of hydrogen-bond donors (Lipinski definition) is 2. The molecule has 0 unspecified atom stereocenters. The molecule has 0 aliphatic heterocycles. The van der Waals surface area contributed by atoms with Gasteiger partial charge in [0.05, 0.1) is 15.9 Å². The largest absolute Gasteiger partial charge is 0.347 e. The maximum absolute atomic E-state index is 12.1. The van der Waals surface area contributed by atoms with Gasteiger partial charge in [-0.1, -0.05) is 0 Å². The molecule has 0 bridgehead atoms. The Kier molecular flexibility index (Phi) is 3.35. The van der Waals surface area contributed by atoms with Gasteiger partial charge in [0.25, 0.3) is 5.91 Å². The molecular weight excluding hydrogens is 326 g/mol. The van der Waals surface area contributed by atoms with Gasteiger partial charge in [0.2, 0.25) is 0 Å². The summed E-state index contributed by atoms with van der Waals surface area (Å²) in [6.45, 7) is 0.530. The highest BCUT2D eigenvalue weighted by Crippen LogP contribution is 2.22. The van der Waals surface area contributed by atoms with E-state index in [0.29, 0.717) is 12.1 Å². The molecule has 0 radical (unpaired) electrons. The van der Waals surface area contributed by atoms with Gasteiger partial charge in [-0.2, -0.15) is 0 Å². The molecule has 3 aromatic rings. The van der Waals surface area contributed by atoms with Gasteiger partial charge in [0, 0.05) is 22.7 Å². The van der Waals surface area contributed by atoms with Gasteiger partial charge in [-0.05, 0) is 40.2 Å². The van der Waals surface area contributed by atoms with Gasteiger partial charge in [0.15, 0.2) is 0 Å². The van der Waals surface area contributed by atoms with E-state index < -0.39 is 0 Å². The molecule has 0 saturated carbocycles. The molecule has 3 aromatic heterocycles. The van der Waals surface area contributed by atoms with Crippen LogP contribution in [-0.2, 0) is 6.54 Å². The number of nitrogens with one attached hydrogen (secondary N) is 2. The van der Waals surface area contributed by atoms with Crippen molar-refractivity contribution in [3.05, 3.63) is 50.9 Å². The molecule has 0 atom stereocenters. The number of nitrogens with zero attached hydrogens (tertiary/aromatic N) is 1. The minimum absolute atomic E-state index is 0.0937. The number of carbonyl (C=O) groups excluding carboxylic acids is 1. The fourth-order valence-corrected chi connectivity index (χ4v) is 3.28. The number of carbonyl (C=O) groups is 1. The zero-order valence-corrected chi connectivity index (χ0v) is 12.2. The van der Waals surface area contributed by atoms with Crippen LogP contribution >= 0.6 is 27.3 Å². The average Bonchev–Trinajstić information content (AvgIpc) is 3.02. The number of aromatic amines is 1. The van der Waals surface area contributed by atoms with Gasteiger partial charge in [-0.25, -0.2) is 4.98 Å². The fourth-order valence-electron chi connectivity index (χ4n) is 1.85. The molecule has 0 aromatic carbocycles. The van der Waals surface area contributed by atoms with Crippen molar-refractivity contribution in [2.45, 2.75) is 6.54 Å². The zero-order chi connectivity index (χ0) is 13.2. The SMILES string of the molecule is O=C(NCc1ccc(Br)s1)c1c[nH]c2ncccc12. The van der Waals surface area contributed by atoms with Crippen molar-refractivity contribution in [3.8, 4) is 0 Å². The van der Waals surface area contributed by atoms with Crippen LogP contribution in [0.3, 0.4) is 0 Å². The van der Waals surface area contributed by atoms with E-state index >= 15 is 0 Å². The third-order valence-corrected chi connectivity index (χ3v) is 4.37. The lowest BCUT2D eigenvalue weighted by Crippen LogP contribution is -2.21. The lowest BCUT2D eigenvalue weighted by Gasteiger charge is -2.02. The quantitative estimate of drug-likeness (QED) is 0.771. The van der Waals surface area contributed by atoms with Crippen molar-refractivity contribution in [3.63, 3.8) is 0 Å². The van der Waals surface area contributed by atoms with Crippen molar-refractivity contribution < 1.29 is 4.79 Å². The topological polar surface area (TPSA) is 57.8 Å². The highest BCUT2D eigenvalue weighted by Gasteiger charge is 2.12. The minimum Gasteiger partial charge on any atom is -0.347 e. The highest BCUT2D eigenvalue weighted by molar-refractivity contribution is 9.11. The molecule has 1 amide bonds. The van der Waals surface area contributed by atoms with E-state index in [2.05, 4.69) is 31.2 Å². The number of aromatic nitrogens is 2. The monoisotopic (exact) mass is 335 g/mol. The van der Waals surface area contributed by atoms with Gasteiger partial charge >= 0.3 is 0 Å². The second-order valence-electron chi connectivity index (χ2n) is 3.99. The molecule has 0 saturated heterocycles. The number of rotatable bonds is 3. The number of amides is 1. The second-order valence-corrected chi connectivity index (χ2v) is 6.54. The van der Waals surface area contributed by atoms with E-state index in [0.717, 1.165) is 19.7 Å². The minimum atomic E-state index is -0.0937. The van der Waals surface area contributed by atoms with Gasteiger partial charge in [0.1, 0.15) is 5.65 Å². The summed E-state index contributed by atoms with van der Waals surface area (Å²) in [4.78, 5) is 20.4. The second kappa shape index (κ2) is 5.14. The van der Waals surface area contributed by atoms with Crippen molar-refractivity contribution >= 4 is 44.2 Å². The molecule has 0 spiro atoms. The lowest BCUT2D eigenvalue weighted by atomic mass is 10.2. The Hall–Kier alpha value is -1.66. The van der Waals surface area contributed by atoms with E-state index in [4.69, 9.17) is 0 Å². The summed E-state index contributed by atoms with van der Waals surface area (Å²) in [5.74, 6) is -0.0937. The summed E-state index contributed by atoms with van der Waals surface area (Å²) in [7, 11) is 0. The Balaban J connectivity index is 1.77. The van der Waals surface area contributed by atoms with Gasteiger partial charge in [-0.15, -0.1) is 11.3 Å². The first kappa shape index (κ1) is 12.4. The first-order valence-electron chi connectivity index (χ1n) is 5.68. The Bertz CT molecular complexity index is 734. The average molecular weight is 336 g/mol. The van der Waals surface area contributed by atoms with Gasteiger partial charge < -0.3 is 10.3 Å². The predicted molar refractivity (Wildman–Crippen MR) is 79.3 cm³/mol. The lowest BCUT2D eigenvalue weighted by molar-refractivity contribution is 0.0953. The van der Waals surface area contributed by atoms with Crippen molar-refractivity contribution in [2.24, 2.45) is 0 Å². The molecule has 0 fully saturated rings. The van der Waals surface area contributed by atoms with E-state index in [1.54, 1.807) is 23.7 Å². The number of pyridine rings is 1. The Morgan fingerprint density at radius 2 is 2.32 bits per heavy atom. The van der Waals surface area contributed by atoms with Crippen LogP contribution in [0.2, 0.25) is 0 Å². The summed E-state index contributed by atoms with van der Waals surface area (Å²) < 4.78 is 1.06. The smallest absolute Gasteiger partial charge is 0.253 e. The highest BCUT2D eigenvalue weighted by atomic mass is 79.9. The first-order valence-corrected chi connectivity index (χ1v) is 7.29. The van der Waals surface area contributed by atoms with Crippen LogP contribution in [0, 0.1) is 0 Å². The fraction of sp³-hybridized carbons (Fsp3) is 0.0769. The third kappa shape index (κ3) is 2.54. The maximum atomic E-state index is 12.1. The molecule has 0 aliphatic carbocycles. The van der Waals surface area contributed by atoms with Crippen LogP contribution in [0.1, 0.15) is 15.2 Å².